The molecule has 4 heteroatoms. The summed E-state index contributed by atoms with van der Waals surface area (Å²) < 4.78 is 0. The highest BCUT2D eigenvalue weighted by Gasteiger charge is 2.23. The maximum atomic E-state index is 11.8. The van der Waals surface area contributed by atoms with Crippen LogP contribution in [0.15, 0.2) is 54.0 Å². The molecule has 1 amide bonds. The zero-order valence-electron chi connectivity index (χ0n) is 15.4. The SMILES string of the molecule is C=CC(=O)N1CCC(Cc2cc(-c3ccc(O)cc3)cc3c2C=NC3)CC1. The lowest BCUT2D eigenvalue weighted by Crippen LogP contribution is -2.37. The van der Waals surface area contributed by atoms with Crippen LogP contribution < -0.4 is 0 Å². The van der Waals surface area contributed by atoms with E-state index in [0.29, 0.717) is 5.92 Å². The minimum atomic E-state index is 0.0378. The van der Waals surface area contributed by atoms with Gasteiger partial charge in [0.1, 0.15) is 5.75 Å². The van der Waals surface area contributed by atoms with Gasteiger partial charge in [-0.1, -0.05) is 24.8 Å². The second-order valence-electron chi connectivity index (χ2n) is 7.40. The molecule has 2 aromatic rings. The fourth-order valence-corrected chi connectivity index (χ4v) is 4.10. The topological polar surface area (TPSA) is 52.9 Å². The van der Waals surface area contributed by atoms with Gasteiger partial charge in [-0.15, -0.1) is 0 Å². The Kier molecular flexibility index (Phi) is 4.80. The van der Waals surface area contributed by atoms with Gasteiger partial charge in [-0.3, -0.25) is 9.79 Å². The maximum Gasteiger partial charge on any atom is 0.245 e. The molecular weight excluding hydrogens is 336 g/mol. The summed E-state index contributed by atoms with van der Waals surface area (Å²) in [7, 11) is 0. The van der Waals surface area contributed by atoms with Crippen molar-refractivity contribution in [2.24, 2.45) is 10.9 Å². The quantitative estimate of drug-likeness (QED) is 0.839. The molecule has 1 saturated heterocycles. The van der Waals surface area contributed by atoms with Crippen molar-refractivity contribution in [2.75, 3.05) is 13.1 Å². The van der Waals surface area contributed by atoms with Gasteiger partial charge in [-0.25, -0.2) is 0 Å². The third-order valence-electron chi connectivity index (χ3n) is 5.64. The van der Waals surface area contributed by atoms with Crippen molar-refractivity contribution in [3.63, 3.8) is 0 Å². The highest BCUT2D eigenvalue weighted by Crippen LogP contribution is 2.32. The van der Waals surface area contributed by atoms with Gasteiger partial charge in [-0.2, -0.15) is 0 Å². The molecule has 0 saturated carbocycles. The standard InChI is InChI=1S/C23H24N2O2/c1-2-23(27)25-9-7-16(8-10-25)11-19-12-18(13-20-14-24-15-22(19)20)17-3-5-21(26)6-4-17/h2-6,12-13,15-16,26H,1,7-11,14H2. The van der Waals surface area contributed by atoms with E-state index >= 15 is 0 Å². The lowest BCUT2D eigenvalue weighted by molar-refractivity contribution is -0.127. The van der Waals surface area contributed by atoms with Crippen LogP contribution in [-0.4, -0.2) is 35.2 Å². The second kappa shape index (κ2) is 7.39. The molecule has 2 aliphatic rings. The van der Waals surface area contributed by atoms with Gasteiger partial charge in [-0.05, 0) is 71.7 Å². The fraction of sp³-hybridized carbons (Fsp3) is 0.304. The Morgan fingerprint density at radius 3 is 2.63 bits per heavy atom. The minimum Gasteiger partial charge on any atom is -0.508 e. The highest BCUT2D eigenvalue weighted by atomic mass is 16.3. The molecule has 0 bridgehead atoms. The number of piperidine rings is 1. The molecule has 2 aromatic carbocycles. The minimum absolute atomic E-state index is 0.0378. The van der Waals surface area contributed by atoms with Crippen molar-refractivity contribution < 1.29 is 9.90 Å². The molecule has 0 unspecified atom stereocenters. The van der Waals surface area contributed by atoms with Crippen molar-refractivity contribution in [3.8, 4) is 16.9 Å². The number of fused-ring (bicyclic) bond motifs is 1. The largest absolute Gasteiger partial charge is 0.508 e. The Labute approximate surface area is 159 Å². The number of phenols is 1. The van der Waals surface area contributed by atoms with Crippen molar-refractivity contribution in [1.82, 2.24) is 4.90 Å². The van der Waals surface area contributed by atoms with E-state index in [1.807, 2.05) is 23.2 Å². The van der Waals surface area contributed by atoms with Gasteiger partial charge in [0.15, 0.2) is 0 Å². The van der Waals surface area contributed by atoms with E-state index in [1.165, 1.54) is 28.3 Å². The first-order valence-electron chi connectivity index (χ1n) is 9.50. The predicted octanol–water partition coefficient (Wildman–Crippen LogP) is 3.96. The van der Waals surface area contributed by atoms with Crippen molar-refractivity contribution in [3.05, 3.63) is 65.7 Å². The number of likely N-dealkylation sites (tertiary alicyclic amines) is 1. The molecule has 0 atom stereocenters. The summed E-state index contributed by atoms with van der Waals surface area (Å²) in [4.78, 5) is 18.1. The van der Waals surface area contributed by atoms with Crippen LogP contribution in [-0.2, 0) is 17.8 Å². The number of rotatable bonds is 4. The third kappa shape index (κ3) is 3.65. The molecule has 4 rings (SSSR count). The van der Waals surface area contributed by atoms with E-state index in [4.69, 9.17) is 0 Å². The second-order valence-corrected chi connectivity index (χ2v) is 7.40. The number of carbonyl (C=O) groups is 1. The van der Waals surface area contributed by atoms with Gasteiger partial charge in [0.05, 0.1) is 6.54 Å². The molecule has 1 N–H and O–H groups in total. The zero-order valence-corrected chi connectivity index (χ0v) is 15.4. The summed E-state index contributed by atoms with van der Waals surface area (Å²) in [6.07, 6.45) is 6.46. The molecule has 138 valence electrons. The van der Waals surface area contributed by atoms with Crippen LogP contribution in [0.5, 0.6) is 5.75 Å². The fourth-order valence-electron chi connectivity index (χ4n) is 4.10. The summed E-state index contributed by atoms with van der Waals surface area (Å²) in [5.41, 5.74) is 6.16. The Bertz CT molecular complexity index is 891. The van der Waals surface area contributed by atoms with Crippen LogP contribution in [0.4, 0.5) is 0 Å². The monoisotopic (exact) mass is 360 g/mol. The molecule has 4 nitrogen and oxygen atoms in total. The van der Waals surface area contributed by atoms with Gasteiger partial charge in [0.25, 0.3) is 0 Å². The molecule has 0 aromatic heterocycles. The molecule has 27 heavy (non-hydrogen) atoms. The summed E-state index contributed by atoms with van der Waals surface area (Å²) in [5.74, 6) is 0.895. The van der Waals surface area contributed by atoms with Gasteiger partial charge in [0, 0.05) is 24.9 Å². The van der Waals surface area contributed by atoms with Gasteiger partial charge in [0.2, 0.25) is 5.91 Å². The van der Waals surface area contributed by atoms with Crippen LogP contribution >= 0.6 is 0 Å². The first kappa shape index (κ1) is 17.5. The number of hydrogen-bond donors (Lipinski definition) is 1. The van der Waals surface area contributed by atoms with E-state index in [1.54, 1.807) is 12.1 Å². The highest BCUT2D eigenvalue weighted by molar-refractivity contribution is 5.88. The van der Waals surface area contributed by atoms with E-state index in [2.05, 4.69) is 23.7 Å². The molecular formula is C23H24N2O2. The normalized spacial score (nSPS) is 16.4. The maximum absolute atomic E-state index is 11.8. The summed E-state index contributed by atoms with van der Waals surface area (Å²) in [6, 6.07) is 11.8. The average molecular weight is 360 g/mol. The third-order valence-corrected chi connectivity index (χ3v) is 5.64. The van der Waals surface area contributed by atoms with Crippen molar-refractivity contribution >= 4 is 12.1 Å². The smallest absolute Gasteiger partial charge is 0.245 e. The summed E-state index contributed by atoms with van der Waals surface area (Å²) in [5, 5.41) is 9.55. The number of phenolic OH excluding ortho intramolecular Hbond substituents is 1. The first-order valence-corrected chi connectivity index (χ1v) is 9.50. The van der Waals surface area contributed by atoms with Crippen LogP contribution in [0.2, 0.25) is 0 Å². The molecule has 2 aliphatic heterocycles. The molecule has 2 heterocycles. The molecule has 0 spiro atoms. The Hall–Kier alpha value is -2.88. The number of nitrogens with zero attached hydrogens (tertiary/aromatic N) is 2. The van der Waals surface area contributed by atoms with E-state index in [0.717, 1.165) is 44.5 Å². The average Bonchev–Trinajstić information content (AvgIpc) is 3.17. The summed E-state index contributed by atoms with van der Waals surface area (Å²) in [6.45, 7) is 5.94. The molecule has 1 fully saturated rings. The number of aliphatic imine (C=N–C) groups is 1. The van der Waals surface area contributed by atoms with Crippen LogP contribution in [0.25, 0.3) is 11.1 Å². The Morgan fingerprint density at radius 2 is 1.93 bits per heavy atom. The number of benzene rings is 2. The van der Waals surface area contributed by atoms with Crippen LogP contribution in [0.3, 0.4) is 0 Å². The van der Waals surface area contributed by atoms with E-state index in [9.17, 15) is 9.90 Å². The number of carbonyl (C=O) groups excluding carboxylic acids is 1. The van der Waals surface area contributed by atoms with E-state index < -0.39 is 0 Å². The van der Waals surface area contributed by atoms with Crippen LogP contribution in [0, 0.1) is 5.92 Å². The number of hydrogen-bond acceptors (Lipinski definition) is 3. The zero-order chi connectivity index (χ0) is 18.8. The van der Waals surface area contributed by atoms with Gasteiger partial charge >= 0.3 is 0 Å². The first-order chi connectivity index (χ1) is 13.1. The van der Waals surface area contributed by atoms with E-state index in [-0.39, 0.29) is 11.7 Å². The van der Waals surface area contributed by atoms with Crippen molar-refractivity contribution in [1.29, 1.82) is 0 Å². The summed E-state index contributed by atoms with van der Waals surface area (Å²) >= 11 is 0. The van der Waals surface area contributed by atoms with Crippen molar-refractivity contribution in [2.45, 2.75) is 25.8 Å². The lowest BCUT2D eigenvalue weighted by Gasteiger charge is -2.31. The van der Waals surface area contributed by atoms with Crippen LogP contribution in [0.1, 0.15) is 29.5 Å². The Morgan fingerprint density at radius 1 is 1.19 bits per heavy atom. The Balaban J connectivity index is 1.56. The lowest BCUT2D eigenvalue weighted by atomic mass is 9.86. The number of amides is 1. The van der Waals surface area contributed by atoms with Gasteiger partial charge < -0.3 is 10.0 Å². The molecule has 0 radical (unpaired) electrons. The predicted molar refractivity (Wildman–Crippen MR) is 108 cm³/mol. The number of aromatic hydroxyl groups is 1. The molecule has 0 aliphatic carbocycles.